The molecule has 0 amide bonds. The quantitative estimate of drug-likeness (QED) is 0.891. The van der Waals surface area contributed by atoms with E-state index in [1.807, 2.05) is 0 Å². The molecule has 0 aliphatic carbocycles. The minimum absolute atomic E-state index is 0.118. The van der Waals surface area contributed by atoms with Crippen molar-refractivity contribution in [3.63, 3.8) is 0 Å². The van der Waals surface area contributed by atoms with Crippen molar-refractivity contribution in [1.82, 2.24) is 0 Å². The van der Waals surface area contributed by atoms with Gasteiger partial charge in [0.05, 0.1) is 12.6 Å². The smallest absolute Gasteiger partial charge is 0.127 e. The molecule has 1 atom stereocenters. The number of aryl methyl sites for hydroxylation is 2. The SMILES string of the molecule is Cc1ccc(C(N)c2cccc3c2OCC3)cc1C. The lowest BCUT2D eigenvalue weighted by molar-refractivity contribution is 0.352. The largest absolute Gasteiger partial charge is 0.493 e. The first-order chi connectivity index (χ1) is 9.16. The normalized spacial score (nSPS) is 14.9. The van der Waals surface area contributed by atoms with Crippen molar-refractivity contribution in [1.29, 1.82) is 0 Å². The van der Waals surface area contributed by atoms with E-state index < -0.39 is 0 Å². The van der Waals surface area contributed by atoms with E-state index >= 15 is 0 Å². The number of benzene rings is 2. The molecule has 2 aromatic carbocycles. The molecule has 98 valence electrons. The Hall–Kier alpha value is -1.80. The van der Waals surface area contributed by atoms with E-state index in [1.165, 1.54) is 16.7 Å². The fourth-order valence-electron chi connectivity index (χ4n) is 2.62. The van der Waals surface area contributed by atoms with E-state index in [-0.39, 0.29) is 6.04 Å². The van der Waals surface area contributed by atoms with E-state index in [2.05, 4.69) is 50.2 Å². The number of nitrogens with two attached hydrogens (primary N) is 1. The molecule has 1 unspecified atom stereocenters. The van der Waals surface area contributed by atoms with Gasteiger partial charge >= 0.3 is 0 Å². The van der Waals surface area contributed by atoms with Crippen LogP contribution in [0.5, 0.6) is 5.75 Å². The molecule has 1 aliphatic heterocycles. The molecule has 0 bridgehead atoms. The number of ether oxygens (including phenoxy) is 1. The highest BCUT2D eigenvalue weighted by atomic mass is 16.5. The van der Waals surface area contributed by atoms with Gasteiger partial charge in [-0.3, -0.25) is 0 Å². The van der Waals surface area contributed by atoms with Crippen molar-refractivity contribution in [2.75, 3.05) is 6.61 Å². The van der Waals surface area contributed by atoms with Crippen LogP contribution in [0.25, 0.3) is 0 Å². The Morgan fingerprint density at radius 1 is 1.11 bits per heavy atom. The predicted octanol–water partition coefficient (Wildman–Crippen LogP) is 3.29. The Morgan fingerprint density at radius 2 is 1.95 bits per heavy atom. The Labute approximate surface area is 114 Å². The van der Waals surface area contributed by atoms with Gasteiger partial charge in [0.25, 0.3) is 0 Å². The van der Waals surface area contributed by atoms with Gasteiger partial charge in [0, 0.05) is 12.0 Å². The zero-order chi connectivity index (χ0) is 13.4. The van der Waals surface area contributed by atoms with E-state index in [4.69, 9.17) is 10.5 Å². The highest BCUT2D eigenvalue weighted by Gasteiger charge is 2.20. The highest BCUT2D eigenvalue weighted by Crippen LogP contribution is 2.35. The van der Waals surface area contributed by atoms with Crippen LogP contribution < -0.4 is 10.5 Å². The number of hydrogen-bond acceptors (Lipinski definition) is 2. The van der Waals surface area contributed by atoms with Gasteiger partial charge in [-0.05, 0) is 36.1 Å². The van der Waals surface area contributed by atoms with Gasteiger partial charge < -0.3 is 10.5 Å². The van der Waals surface area contributed by atoms with Crippen LogP contribution in [-0.4, -0.2) is 6.61 Å². The Bertz CT molecular complexity index is 619. The third kappa shape index (κ3) is 2.13. The maximum Gasteiger partial charge on any atom is 0.127 e. The van der Waals surface area contributed by atoms with Crippen molar-refractivity contribution in [3.8, 4) is 5.75 Å². The molecule has 0 saturated heterocycles. The summed E-state index contributed by atoms with van der Waals surface area (Å²) in [6, 6.07) is 12.6. The second-order valence-electron chi connectivity index (χ2n) is 5.26. The molecule has 0 aromatic heterocycles. The van der Waals surface area contributed by atoms with Crippen LogP contribution in [0.15, 0.2) is 36.4 Å². The van der Waals surface area contributed by atoms with Gasteiger partial charge in [-0.2, -0.15) is 0 Å². The molecular formula is C17H19NO. The summed E-state index contributed by atoms with van der Waals surface area (Å²) in [4.78, 5) is 0. The highest BCUT2D eigenvalue weighted by molar-refractivity contribution is 5.49. The molecule has 2 aromatic rings. The number of hydrogen-bond donors (Lipinski definition) is 1. The van der Waals surface area contributed by atoms with E-state index in [9.17, 15) is 0 Å². The van der Waals surface area contributed by atoms with E-state index in [0.29, 0.717) is 0 Å². The molecule has 0 spiro atoms. The molecule has 2 heteroatoms. The lowest BCUT2D eigenvalue weighted by Crippen LogP contribution is -2.13. The Morgan fingerprint density at radius 3 is 2.74 bits per heavy atom. The van der Waals surface area contributed by atoms with Crippen LogP contribution in [0, 0.1) is 13.8 Å². The van der Waals surface area contributed by atoms with Gasteiger partial charge in [-0.15, -0.1) is 0 Å². The monoisotopic (exact) mass is 253 g/mol. The summed E-state index contributed by atoms with van der Waals surface area (Å²) in [7, 11) is 0. The maximum absolute atomic E-state index is 6.43. The van der Waals surface area contributed by atoms with Crippen LogP contribution in [0.1, 0.15) is 33.9 Å². The molecule has 2 nitrogen and oxygen atoms in total. The topological polar surface area (TPSA) is 35.2 Å². The lowest BCUT2D eigenvalue weighted by Gasteiger charge is -2.17. The standard InChI is InChI=1S/C17H19NO/c1-11-6-7-14(10-12(11)2)16(18)15-5-3-4-13-8-9-19-17(13)15/h3-7,10,16H,8-9,18H2,1-2H3. The molecule has 19 heavy (non-hydrogen) atoms. The molecule has 3 rings (SSSR count). The Kier molecular flexibility index (Phi) is 3.03. The molecule has 0 fully saturated rings. The first-order valence-corrected chi connectivity index (χ1v) is 6.74. The van der Waals surface area contributed by atoms with Crippen molar-refractivity contribution >= 4 is 0 Å². The summed E-state index contributed by atoms with van der Waals surface area (Å²) in [5.74, 6) is 0.994. The molecule has 2 N–H and O–H groups in total. The van der Waals surface area contributed by atoms with Crippen LogP contribution in [0.2, 0.25) is 0 Å². The zero-order valence-corrected chi connectivity index (χ0v) is 11.4. The first-order valence-electron chi connectivity index (χ1n) is 6.74. The van der Waals surface area contributed by atoms with Gasteiger partial charge in [-0.25, -0.2) is 0 Å². The fraction of sp³-hybridized carbons (Fsp3) is 0.294. The molecular weight excluding hydrogens is 234 g/mol. The predicted molar refractivity (Wildman–Crippen MR) is 77.6 cm³/mol. The molecule has 1 heterocycles. The molecule has 0 radical (unpaired) electrons. The lowest BCUT2D eigenvalue weighted by atomic mass is 9.94. The number of para-hydroxylation sites is 1. The summed E-state index contributed by atoms with van der Waals surface area (Å²) in [6.07, 6.45) is 0.989. The van der Waals surface area contributed by atoms with Gasteiger partial charge in [0.1, 0.15) is 5.75 Å². The summed E-state index contributed by atoms with van der Waals surface area (Å²) in [5.41, 5.74) is 12.5. The van der Waals surface area contributed by atoms with Crippen LogP contribution in [0.3, 0.4) is 0 Å². The fourth-order valence-corrected chi connectivity index (χ4v) is 2.62. The minimum Gasteiger partial charge on any atom is -0.493 e. The van der Waals surface area contributed by atoms with E-state index in [1.54, 1.807) is 0 Å². The van der Waals surface area contributed by atoms with Gasteiger partial charge in [0.15, 0.2) is 0 Å². The summed E-state index contributed by atoms with van der Waals surface area (Å²) in [6.45, 7) is 5.01. The van der Waals surface area contributed by atoms with Crippen molar-refractivity contribution < 1.29 is 4.74 Å². The van der Waals surface area contributed by atoms with Gasteiger partial charge in [-0.1, -0.05) is 36.4 Å². The third-order valence-corrected chi connectivity index (χ3v) is 3.97. The Balaban J connectivity index is 2.02. The number of rotatable bonds is 2. The van der Waals surface area contributed by atoms with Crippen LogP contribution in [0.4, 0.5) is 0 Å². The second-order valence-corrected chi connectivity index (χ2v) is 5.26. The maximum atomic E-state index is 6.43. The summed E-state index contributed by atoms with van der Waals surface area (Å²) in [5, 5.41) is 0. The number of fused-ring (bicyclic) bond motifs is 1. The summed E-state index contributed by atoms with van der Waals surface area (Å²) < 4.78 is 5.75. The molecule has 1 aliphatic rings. The van der Waals surface area contributed by atoms with Crippen molar-refractivity contribution in [3.05, 3.63) is 64.2 Å². The van der Waals surface area contributed by atoms with E-state index in [0.717, 1.165) is 29.9 Å². The zero-order valence-electron chi connectivity index (χ0n) is 11.4. The van der Waals surface area contributed by atoms with Crippen LogP contribution >= 0.6 is 0 Å². The average Bonchev–Trinajstić information content (AvgIpc) is 2.89. The van der Waals surface area contributed by atoms with Crippen molar-refractivity contribution in [2.45, 2.75) is 26.3 Å². The van der Waals surface area contributed by atoms with Crippen LogP contribution in [-0.2, 0) is 6.42 Å². The average molecular weight is 253 g/mol. The third-order valence-electron chi connectivity index (χ3n) is 3.97. The van der Waals surface area contributed by atoms with Gasteiger partial charge in [0.2, 0.25) is 0 Å². The summed E-state index contributed by atoms with van der Waals surface area (Å²) >= 11 is 0. The second kappa shape index (κ2) is 4.71. The van der Waals surface area contributed by atoms with Crippen molar-refractivity contribution in [2.24, 2.45) is 5.73 Å². The first kappa shape index (κ1) is 12.2. The minimum atomic E-state index is -0.118. The molecule has 0 saturated carbocycles.